The van der Waals surface area contributed by atoms with Gasteiger partial charge in [-0.2, -0.15) is 0 Å². The Labute approximate surface area is 128 Å². The molecule has 0 bridgehead atoms. The fourth-order valence-corrected chi connectivity index (χ4v) is 3.33. The number of carbonyl (C=O) groups excluding carboxylic acids is 1. The molecule has 0 aliphatic heterocycles. The molecule has 1 atom stereocenters. The first-order chi connectivity index (χ1) is 10.1. The largest absolute Gasteiger partial charge is 0.480 e. The molecule has 1 aromatic heterocycles. The molecule has 0 saturated heterocycles. The number of hydrogen-bond donors (Lipinski definition) is 2. The quantitative estimate of drug-likeness (QED) is 0.844. The minimum atomic E-state index is -0.968. The Morgan fingerprint density at radius 2 is 2.24 bits per heavy atom. The summed E-state index contributed by atoms with van der Waals surface area (Å²) in [4.78, 5) is 28.9. The average molecular weight is 311 g/mol. The Hall–Kier alpha value is -1.63. The van der Waals surface area contributed by atoms with Gasteiger partial charge in [0.1, 0.15) is 6.54 Å². The molecule has 1 aromatic rings. The molecule has 2 amide bonds. The Morgan fingerprint density at radius 1 is 1.52 bits per heavy atom. The van der Waals surface area contributed by atoms with Crippen LogP contribution >= 0.6 is 11.3 Å². The topological polar surface area (TPSA) is 82.5 Å². The maximum absolute atomic E-state index is 12.3. The van der Waals surface area contributed by atoms with Crippen molar-refractivity contribution in [3.63, 3.8) is 0 Å². The number of aliphatic carboxylic acids is 1. The van der Waals surface area contributed by atoms with Crippen LogP contribution in [0.15, 0.2) is 11.6 Å². The van der Waals surface area contributed by atoms with Crippen molar-refractivity contribution >= 4 is 23.3 Å². The predicted octanol–water partition coefficient (Wildman–Crippen LogP) is 2.29. The van der Waals surface area contributed by atoms with Crippen LogP contribution in [0.4, 0.5) is 4.79 Å². The summed E-state index contributed by atoms with van der Waals surface area (Å²) in [5.74, 6) is -0.839. The van der Waals surface area contributed by atoms with Crippen LogP contribution in [-0.4, -0.2) is 46.1 Å². The summed E-state index contributed by atoms with van der Waals surface area (Å²) in [6.07, 6.45) is 5.65. The van der Waals surface area contributed by atoms with Crippen molar-refractivity contribution < 1.29 is 14.7 Å². The van der Waals surface area contributed by atoms with Gasteiger partial charge in [-0.15, -0.1) is 11.3 Å². The molecule has 116 valence electrons. The Balaban J connectivity index is 1.90. The number of hydrogen-bond acceptors (Lipinski definition) is 4. The standard InChI is InChI=1S/C14H21N3O3S/c1-10(13-15-6-7-21-13)8-16-14(20)17(9-12(18)19)11-4-2-3-5-11/h6-7,10-11H,2-5,8-9H2,1H3,(H,16,20)(H,18,19). The van der Waals surface area contributed by atoms with E-state index < -0.39 is 5.97 Å². The summed E-state index contributed by atoms with van der Waals surface area (Å²) >= 11 is 1.56. The van der Waals surface area contributed by atoms with E-state index in [9.17, 15) is 9.59 Å². The highest BCUT2D eigenvalue weighted by molar-refractivity contribution is 7.09. The second kappa shape index (κ2) is 7.40. The lowest BCUT2D eigenvalue weighted by Crippen LogP contribution is -2.48. The molecule has 0 spiro atoms. The SMILES string of the molecule is CC(CNC(=O)N(CC(=O)O)C1CCCC1)c1nccs1. The highest BCUT2D eigenvalue weighted by Crippen LogP contribution is 2.23. The third-order valence-electron chi connectivity index (χ3n) is 3.76. The van der Waals surface area contributed by atoms with E-state index in [-0.39, 0.29) is 24.5 Å². The van der Waals surface area contributed by atoms with E-state index in [1.807, 2.05) is 12.3 Å². The lowest BCUT2D eigenvalue weighted by atomic mass is 10.2. The van der Waals surface area contributed by atoms with Crippen LogP contribution in [0.1, 0.15) is 43.5 Å². The van der Waals surface area contributed by atoms with Crippen molar-refractivity contribution in [1.82, 2.24) is 15.2 Å². The van der Waals surface area contributed by atoms with E-state index >= 15 is 0 Å². The average Bonchev–Trinajstić information content (AvgIpc) is 3.13. The van der Waals surface area contributed by atoms with Crippen LogP contribution in [0.5, 0.6) is 0 Å². The monoisotopic (exact) mass is 311 g/mol. The molecule has 1 unspecified atom stereocenters. The number of nitrogens with one attached hydrogen (secondary N) is 1. The van der Waals surface area contributed by atoms with Crippen LogP contribution in [0.3, 0.4) is 0 Å². The van der Waals surface area contributed by atoms with E-state index in [2.05, 4.69) is 10.3 Å². The number of carboxylic acids is 1. The van der Waals surface area contributed by atoms with E-state index in [1.165, 1.54) is 4.90 Å². The van der Waals surface area contributed by atoms with Crippen molar-refractivity contribution in [2.75, 3.05) is 13.1 Å². The van der Waals surface area contributed by atoms with E-state index in [0.717, 1.165) is 30.7 Å². The maximum atomic E-state index is 12.3. The zero-order valence-corrected chi connectivity index (χ0v) is 12.9. The van der Waals surface area contributed by atoms with Gasteiger partial charge < -0.3 is 15.3 Å². The molecule has 21 heavy (non-hydrogen) atoms. The van der Waals surface area contributed by atoms with Crippen molar-refractivity contribution in [3.8, 4) is 0 Å². The van der Waals surface area contributed by atoms with Crippen molar-refractivity contribution in [2.24, 2.45) is 0 Å². The van der Waals surface area contributed by atoms with Crippen LogP contribution in [-0.2, 0) is 4.79 Å². The molecule has 2 rings (SSSR count). The molecule has 2 N–H and O–H groups in total. The lowest BCUT2D eigenvalue weighted by molar-refractivity contribution is -0.138. The van der Waals surface area contributed by atoms with Crippen LogP contribution in [0, 0.1) is 0 Å². The first-order valence-corrected chi connectivity index (χ1v) is 8.11. The molecule has 1 aliphatic carbocycles. The van der Waals surface area contributed by atoms with Gasteiger partial charge in [0.15, 0.2) is 0 Å². The van der Waals surface area contributed by atoms with Crippen LogP contribution < -0.4 is 5.32 Å². The Morgan fingerprint density at radius 3 is 2.81 bits per heavy atom. The van der Waals surface area contributed by atoms with E-state index in [4.69, 9.17) is 5.11 Å². The fraction of sp³-hybridized carbons (Fsp3) is 0.643. The molecule has 7 heteroatoms. The zero-order chi connectivity index (χ0) is 15.2. The van der Waals surface area contributed by atoms with Gasteiger partial charge in [-0.3, -0.25) is 4.79 Å². The molecular weight excluding hydrogens is 290 g/mol. The number of carboxylic acid groups (broad SMARTS) is 1. The highest BCUT2D eigenvalue weighted by Gasteiger charge is 2.28. The number of aromatic nitrogens is 1. The van der Waals surface area contributed by atoms with Crippen molar-refractivity contribution in [2.45, 2.75) is 44.6 Å². The van der Waals surface area contributed by atoms with Crippen LogP contribution in [0.25, 0.3) is 0 Å². The molecular formula is C14H21N3O3S. The van der Waals surface area contributed by atoms with Gasteiger partial charge >= 0.3 is 12.0 Å². The summed E-state index contributed by atoms with van der Waals surface area (Å²) in [5.41, 5.74) is 0. The van der Waals surface area contributed by atoms with Gasteiger partial charge in [0.05, 0.1) is 5.01 Å². The van der Waals surface area contributed by atoms with Gasteiger partial charge in [-0.05, 0) is 12.8 Å². The Kier molecular flexibility index (Phi) is 5.55. The number of nitrogens with zero attached hydrogens (tertiary/aromatic N) is 2. The normalized spacial score (nSPS) is 16.6. The van der Waals surface area contributed by atoms with Gasteiger partial charge in [-0.25, -0.2) is 9.78 Å². The summed E-state index contributed by atoms with van der Waals surface area (Å²) in [6.45, 7) is 2.23. The van der Waals surface area contributed by atoms with Gasteiger partial charge in [0.25, 0.3) is 0 Å². The smallest absolute Gasteiger partial charge is 0.323 e. The second-order valence-corrected chi connectivity index (χ2v) is 6.34. The first kappa shape index (κ1) is 15.8. The van der Waals surface area contributed by atoms with Gasteiger partial charge in [-0.1, -0.05) is 19.8 Å². The lowest BCUT2D eigenvalue weighted by Gasteiger charge is -2.28. The van der Waals surface area contributed by atoms with E-state index in [1.54, 1.807) is 17.5 Å². The highest BCUT2D eigenvalue weighted by atomic mass is 32.1. The number of thiazole rings is 1. The number of amides is 2. The van der Waals surface area contributed by atoms with Gasteiger partial charge in [0.2, 0.25) is 0 Å². The third-order valence-corrected chi connectivity index (χ3v) is 4.77. The molecule has 1 saturated carbocycles. The van der Waals surface area contributed by atoms with Crippen molar-refractivity contribution in [3.05, 3.63) is 16.6 Å². The van der Waals surface area contributed by atoms with Gasteiger partial charge in [0, 0.05) is 30.1 Å². The molecule has 0 radical (unpaired) electrons. The molecule has 1 heterocycles. The molecule has 1 fully saturated rings. The summed E-state index contributed by atoms with van der Waals surface area (Å²) in [5, 5.41) is 14.7. The van der Waals surface area contributed by atoms with E-state index in [0.29, 0.717) is 6.54 Å². The Bertz CT molecular complexity index is 472. The first-order valence-electron chi connectivity index (χ1n) is 7.23. The summed E-state index contributed by atoms with van der Waals surface area (Å²) < 4.78 is 0. The molecule has 0 aromatic carbocycles. The second-order valence-electron chi connectivity index (χ2n) is 5.42. The molecule has 6 nitrogen and oxygen atoms in total. The number of rotatable bonds is 6. The van der Waals surface area contributed by atoms with Crippen LogP contribution in [0.2, 0.25) is 0 Å². The number of carbonyl (C=O) groups is 2. The molecule has 1 aliphatic rings. The predicted molar refractivity (Wildman–Crippen MR) is 80.5 cm³/mol. The third kappa shape index (κ3) is 4.42. The maximum Gasteiger partial charge on any atom is 0.323 e. The van der Waals surface area contributed by atoms with Crippen molar-refractivity contribution in [1.29, 1.82) is 0 Å². The minimum Gasteiger partial charge on any atom is -0.480 e. The zero-order valence-electron chi connectivity index (χ0n) is 12.1. The fourth-order valence-electron chi connectivity index (χ4n) is 2.64. The number of urea groups is 1. The minimum absolute atomic E-state index is 0.0521. The summed E-state index contributed by atoms with van der Waals surface area (Å²) in [6, 6.07) is -0.232. The summed E-state index contributed by atoms with van der Waals surface area (Å²) in [7, 11) is 0.